The van der Waals surface area contributed by atoms with E-state index in [2.05, 4.69) is 54.2 Å². The minimum Gasteiger partial charge on any atom is -0.496 e. The zero-order valence-corrected chi connectivity index (χ0v) is 11.9. The van der Waals surface area contributed by atoms with Gasteiger partial charge in [-0.2, -0.15) is 0 Å². The molecule has 1 atom stereocenters. The second kappa shape index (κ2) is 6.43. The Labute approximate surface area is 115 Å². The van der Waals surface area contributed by atoms with Crippen LogP contribution in [0.4, 0.5) is 0 Å². The third-order valence-corrected chi connectivity index (χ3v) is 3.35. The maximum Gasteiger partial charge on any atom is 0.123 e. The predicted octanol–water partition coefficient (Wildman–Crippen LogP) is 3.22. The van der Waals surface area contributed by atoms with Crippen LogP contribution in [0.25, 0.3) is 0 Å². The zero-order valence-electron chi connectivity index (χ0n) is 11.9. The van der Waals surface area contributed by atoms with Crippen molar-refractivity contribution in [2.24, 2.45) is 0 Å². The van der Waals surface area contributed by atoms with Gasteiger partial charge in [-0.15, -0.1) is 0 Å². The summed E-state index contributed by atoms with van der Waals surface area (Å²) in [7, 11) is 1.72. The normalized spacial score (nSPS) is 12.4. The van der Waals surface area contributed by atoms with Crippen molar-refractivity contribution in [3.63, 3.8) is 0 Å². The highest BCUT2D eigenvalue weighted by molar-refractivity contribution is 5.34. The fraction of sp³-hybridized carbons (Fsp3) is 0.375. The van der Waals surface area contributed by atoms with Crippen molar-refractivity contribution < 1.29 is 4.74 Å². The van der Waals surface area contributed by atoms with Crippen LogP contribution in [-0.4, -0.2) is 18.2 Å². The van der Waals surface area contributed by atoms with Crippen molar-refractivity contribution in [2.75, 3.05) is 13.7 Å². The summed E-state index contributed by atoms with van der Waals surface area (Å²) in [6, 6.07) is 12.8. The molecule has 0 saturated heterocycles. The highest BCUT2D eigenvalue weighted by Gasteiger charge is 2.10. The Morgan fingerprint density at radius 2 is 2.00 bits per heavy atom. The molecule has 102 valence electrons. The van der Waals surface area contributed by atoms with E-state index in [1.165, 1.54) is 11.3 Å². The number of rotatable bonds is 6. The Morgan fingerprint density at radius 1 is 1.21 bits per heavy atom. The van der Waals surface area contributed by atoms with Gasteiger partial charge in [0.05, 0.1) is 13.7 Å². The third kappa shape index (κ3) is 3.18. The Morgan fingerprint density at radius 3 is 2.74 bits per heavy atom. The molecule has 0 spiro atoms. The summed E-state index contributed by atoms with van der Waals surface area (Å²) >= 11 is 0. The van der Waals surface area contributed by atoms with Crippen molar-refractivity contribution in [1.82, 2.24) is 9.88 Å². The van der Waals surface area contributed by atoms with Crippen LogP contribution in [0.5, 0.6) is 5.75 Å². The van der Waals surface area contributed by atoms with Gasteiger partial charge in [-0.25, -0.2) is 0 Å². The van der Waals surface area contributed by atoms with Crippen LogP contribution in [0.15, 0.2) is 42.6 Å². The largest absolute Gasteiger partial charge is 0.496 e. The van der Waals surface area contributed by atoms with Gasteiger partial charge in [-0.1, -0.05) is 25.1 Å². The molecular weight excluding hydrogens is 236 g/mol. The van der Waals surface area contributed by atoms with Crippen LogP contribution in [0.2, 0.25) is 0 Å². The van der Waals surface area contributed by atoms with Crippen molar-refractivity contribution >= 4 is 0 Å². The van der Waals surface area contributed by atoms with Gasteiger partial charge in [0.2, 0.25) is 0 Å². The van der Waals surface area contributed by atoms with E-state index in [0.29, 0.717) is 6.04 Å². The predicted molar refractivity (Wildman–Crippen MR) is 78.6 cm³/mol. The standard InChI is InChI=1S/C16H22N2O/c1-4-17-13(2)15-9-7-11-18(15)12-14-8-5-6-10-16(14)19-3/h5-11,13,17H,4,12H2,1-3H3. The van der Waals surface area contributed by atoms with Gasteiger partial charge in [0.15, 0.2) is 0 Å². The van der Waals surface area contributed by atoms with Crippen molar-refractivity contribution in [3.05, 3.63) is 53.9 Å². The lowest BCUT2D eigenvalue weighted by atomic mass is 10.2. The maximum absolute atomic E-state index is 5.41. The summed E-state index contributed by atoms with van der Waals surface area (Å²) in [6.07, 6.45) is 2.12. The first kappa shape index (κ1) is 13.7. The fourth-order valence-corrected chi connectivity index (χ4v) is 2.39. The number of hydrogen-bond donors (Lipinski definition) is 1. The molecule has 0 aliphatic carbocycles. The molecule has 0 bridgehead atoms. The van der Waals surface area contributed by atoms with Crippen LogP contribution in [0, 0.1) is 0 Å². The molecule has 0 aliphatic rings. The van der Waals surface area contributed by atoms with E-state index in [-0.39, 0.29) is 0 Å². The van der Waals surface area contributed by atoms with Gasteiger partial charge in [0, 0.05) is 23.5 Å². The van der Waals surface area contributed by atoms with Gasteiger partial charge in [-0.3, -0.25) is 0 Å². The van der Waals surface area contributed by atoms with Crippen molar-refractivity contribution in [1.29, 1.82) is 0 Å². The summed E-state index contributed by atoms with van der Waals surface area (Å²) in [5, 5.41) is 3.45. The number of ether oxygens (including phenoxy) is 1. The van der Waals surface area contributed by atoms with Gasteiger partial charge < -0.3 is 14.6 Å². The summed E-state index contributed by atoms with van der Waals surface area (Å²) < 4.78 is 7.68. The van der Waals surface area contributed by atoms with Crippen LogP contribution < -0.4 is 10.1 Å². The lowest BCUT2D eigenvalue weighted by molar-refractivity contribution is 0.407. The summed E-state index contributed by atoms with van der Waals surface area (Å²) in [5.74, 6) is 0.943. The topological polar surface area (TPSA) is 26.2 Å². The third-order valence-electron chi connectivity index (χ3n) is 3.35. The van der Waals surface area contributed by atoms with E-state index in [1.54, 1.807) is 7.11 Å². The first-order chi connectivity index (χ1) is 9.26. The van der Waals surface area contributed by atoms with Gasteiger partial charge >= 0.3 is 0 Å². The molecule has 0 aliphatic heterocycles. The van der Waals surface area contributed by atoms with Crippen LogP contribution in [0.3, 0.4) is 0 Å². The Bertz CT molecular complexity index is 519. The second-order valence-corrected chi connectivity index (χ2v) is 4.65. The molecule has 1 unspecified atom stereocenters. The van der Waals surface area contributed by atoms with Crippen LogP contribution in [-0.2, 0) is 6.54 Å². The summed E-state index contributed by atoms with van der Waals surface area (Å²) in [4.78, 5) is 0. The SMILES string of the molecule is CCNC(C)c1cccn1Cc1ccccc1OC. The number of para-hydroxylation sites is 1. The molecule has 2 rings (SSSR count). The minimum atomic E-state index is 0.356. The maximum atomic E-state index is 5.41. The molecule has 1 aromatic carbocycles. The second-order valence-electron chi connectivity index (χ2n) is 4.65. The highest BCUT2D eigenvalue weighted by atomic mass is 16.5. The molecule has 0 amide bonds. The van der Waals surface area contributed by atoms with E-state index in [4.69, 9.17) is 4.74 Å². The molecule has 0 fully saturated rings. The van der Waals surface area contributed by atoms with E-state index in [0.717, 1.165) is 18.8 Å². The highest BCUT2D eigenvalue weighted by Crippen LogP contribution is 2.21. The van der Waals surface area contributed by atoms with Crippen molar-refractivity contribution in [2.45, 2.75) is 26.4 Å². The number of benzene rings is 1. The first-order valence-electron chi connectivity index (χ1n) is 6.76. The smallest absolute Gasteiger partial charge is 0.123 e. The Hall–Kier alpha value is -1.74. The van der Waals surface area contributed by atoms with E-state index >= 15 is 0 Å². The molecule has 2 aromatic rings. The molecule has 0 saturated carbocycles. The molecule has 1 N–H and O–H groups in total. The van der Waals surface area contributed by atoms with Gasteiger partial charge in [0.25, 0.3) is 0 Å². The van der Waals surface area contributed by atoms with Crippen LogP contribution in [0.1, 0.15) is 31.1 Å². The number of nitrogens with one attached hydrogen (secondary N) is 1. The van der Waals surface area contributed by atoms with E-state index < -0.39 is 0 Å². The molecule has 1 heterocycles. The average Bonchev–Trinajstić information content (AvgIpc) is 2.88. The van der Waals surface area contributed by atoms with E-state index in [9.17, 15) is 0 Å². The molecular formula is C16H22N2O. The molecule has 1 aromatic heterocycles. The molecule has 3 nitrogen and oxygen atoms in total. The fourth-order valence-electron chi connectivity index (χ4n) is 2.39. The van der Waals surface area contributed by atoms with Crippen molar-refractivity contribution in [3.8, 4) is 5.75 Å². The minimum absolute atomic E-state index is 0.356. The number of hydrogen-bond acceptors (Lipinski definition) is 2. The lowest BCUT2D eigenvalue weighted by Gasteiger charge is -2.17. The number of nitrogens with zero attached hydrogens (tertiary/aromatic N) is 1. The average molecular weight is 258 g/mol. The van der Waals surface area contributed by atoms with Gasteiger partial charge in [-0.05, 0) is 31.7 Å². The van der Waals surface area contributed by atoms with Gasteiger partial charge in [0.1, 0.15) is 5.75 Å². The zero-order chi connectivity index (χ0) is 13.7. The Balaban J connectivity index is 2.22. The first-order valence-corrected chi connectivity index (χ1v) is 6.76. The summed E-state index contributed by atoms with van der Waals surface area (Å²) in [6.45, 7) is 6.13. The van der Waals surface area contributed by atoms with Crippen LogP contribution >= 0.6 is 0 Å². The molecule has 3 heteroatoms. The lowest BCUT2D eigenvalue weighted by Crippen LogP contribution is -2.20. The van der Waals surface area contributed by atoms with E-state index in [1.807, 2.05) is 12.1 Å². The monoisotopic (exact) mass is 258 g/mol. The number of methoxy groups -OCH3 is 1. The quantitative estimate of drug-likeness (QED) is 0.861. The summed E-state index contributed by atoms with van der Waals surface area (Å²) in [5.41, 5.74) is 2.50. The molecule has 19 heavy (non-hydrogen) atoms. The molecule has 0 radical (unpaired) electrons. The Kier molecular flexibility index (Phi) is 4.63. The number of aromatic nitrogens is 1.